The van der Waals surface area contributed by atoms with Crippen molar-refractivity contribution in [3.05, 3.63) is 104 Å². The maximum atomic E-state index is 12.5. The predicted molar refractivity (Wildman–Crippen MR) is 130 cm³/mol. The number of ether oxygens (including phenoxy) is 3. The molecule has 35 heavy (non-hydrogen) atoms. The van der Waals surface area contributed by atoms with Crippen LogP contribution in [0.5, 0.6) is 11.5 Å². The van der Waals surface area contributed by atoms with E-state index >= 15 is 0 Å². The molecule has 9 nitrogen and oxygen atoms in total. The molecule has 0 aromatic heterocycles. The Morgan fingerprint density at radius 3 is 2.46 bits per heavy atom. The molecule has 1 aliphatic heterocycles. The molecular formula is C25H17BrN2O7. The molecule has 0 bridgehead atoms. The third-order valence-electron chi connectivity index (χ3n) is 4.80. The van der Waals surface area contributed by atoms with Gasteiger partial charge in [0, 0.05) is 22.2 Å². The van der Waals surface area contributed by atoms with Gasteiger partial charge in [-0.25, -0.2) is 14.6 Å². The summed E-state index contributed by atoms with van der Waals surface area (Å²) in [6.07, 6.45) is 1.54. The molecule has 0 saturated heterocycles. The van der Waals surface area contributed by atoms with Gasteiger partial charge in [-0.15, -0.1) is 0 Å². The number of non-ortho nitro benzene ring substituents is 1. The summed E-state index contributed by atoms with van der Waals surface area (Å²) < 4.78 is 17.2. The van der Waals surface area contributed by atoms with Gasteiger partial charge in [-0.2, -0.15) is 0 Å². The molecule has 10 heteroatoms. The number of nitro benzene ring substituents is 1. The average molecular weight is 537 g/mol. The number of carbonyl (C=O) groups excluding carboxylic acids is 2. The fourth-order valence-corrected chi connectivity index (χ4v) is 3.39. The van der Waals surface area contributed by atoms with Gasteiger partial charge in [0.15, 0.2) is 17.2 Å². The van der Waals surface area contributed by atoms with Crippen LogP contribution in [0.15, 0.2) is 81.9 Å². The molecule has 3 aromatic carbocycles. The minimum absolute atomic E-state index is 0.112. The second-order valence-electron chi connectivity index (χ2n) is 7.18. The minimum Gasteiger partial charge on any atom is -0.490 e. The van der Waals surface area contributed by atoms with Crippen molar-refractivity contribution in [2.24, 2.45) is 4.99 Å². The third-order valence-corrected chi connectivity index (χ3v) is 5.33. The number of hydrogen-bond donors (Lipinski definition) is 0. The van der Waals surface area contributed by atoms with Gasteiger partial charge in [0.2, 0.25) is 5.90 Å². The highest BCUT2D eigenvalue weighted by Crippen LogP contribution is 2.31. The van der Waals surface area contributed by atoms with Gasteiger partial charge >= 0.3 is 11.9 Å². The first kappa shape index (κ1) is 23.8. The Labute approximate surface area is 207 Å². The second-order valence-corrected chi connectivity index (χ2v) is 8.09. The quantitative estimate of drug-likeness (QED) is 0.132. The zero-order valence-electron chi connectivity index (χ0n) is 18.3. The number of nitro groups is 1. The van der Waals surface area contributed by atoms with Crippen LogP contribution in [0.1, 0.15) is 28.4 Å². The largest absolute Gasteiger partial charge is 0.490 e. The van der Waals surface area contributed by atoms with E-state index in [0.717, 1.165) is 4.47 Å². The highest BCUT2D eigenvalue weighted by Gasteiger charge is 2.24. The topological polar surface area (TPSA) is 117 Å². The Bertz CT molecular complexity index is 1360. The monoisotopic (exact) mass is 536 g/mol. The molecule has 0 fully saturated rings. The van der Waals surface area contributed by atoms with E-state index in [1.54, 1.807) is 37.3 Å². The van der Waals surface area contributed by atoms with Crippen molar-refractivity contribution in [2.45, 2.75) is 6.92 Å². The third kappa shape index (κ3) is 5.61. The highest BCUT2D eigenvalue weighted by atomic mass is 79.9. The van der Waals surface area contributed by atoms with Crippen LogP contribution >= 0.6 is 15.9 Å². The fourth-order valence-electron chi connectivity index (χ4n) is 3.13. The van der Waals surface area contributed by atoms with E-state index < -0.39 is 16.9 Å². The van der Waals surface area contributed by atoms with E-state index in [0.29, 0.717) is 17.7 Å². The van der Waals surface area contributed by atoms with Crippen LogP contribution < -0.4 is 9.47 Å². The van der Waals surface area contributed by atoms with E-state index in [9.17, 15) is 19.7 Å². The second kappa shape index (κ2) is 10.3. The number of nitrogens with zero attached hydrogens (tertiary/aromatic N) is 2. The SMILES string of the molecule is CCOc1cc(/C=C2\N=C(c3ccc(Br)cc3)OC2=O)ccc1OC(=O)c1ccc([N+](=O)[O-])cc1. The smallest absolute Gasteiger partial charge is 0.363 e. The normalized spacial score (nSPS) is 13.8. The van der Waals surface area contributed by atoms with Gasteiger partial charge in [0.25, 0.3) is 5.69 Å². The van der Waals surface area contributed by atoms with Gasteiger partial charge in [-0.1, -0.05) is 22.0 Å². The summed E-state index contributed by atoms with van der Waals surface area (Å²) in [5, 5.41) is 10.8. The van der Waals surface area contributed by atoms with Crippen molar-refractivity contribution in [3.8, 4) is 11.5 Å². The lowest BCUT2D eigenvalue weighted by atomic mass is 10.1. The zero-order chi connectivity index (χ0) is 24.9. The molecule has 0 amide bonds. The van der Waals surface area contributed by atoms with E-state index in [1.807, 2.05) is 12.1 Å². The number of rotatable bonds is 7. The fraction of sp³-hybridized carbons (Fsp3) is 0.0800. The molecule has 0 radical (unpaired) electrons. The minimum atomic E-state index is -0.699. The predicted octanol–water partition coefficient (Wildman–Crippen LogP) is 5.32. The number of carbonyl (C=O) groups is 2. The van der Waals surface area contributed by atoms with Crippen LogP contribution in [0.4, 0.5) is 5.69 Å². The maximum absolute atomic E-state index is 12.5. The Balaban J connectivity index is 1.56. The van der Waals surface area contributed by atoms with Crippen LogP contribution in [0.3, 0.4) is 0 Å². The Hall–Kier alpha value is -4.31. The van der Waals surface area contributed by atoms with Crippen LogP contribution in [0, 0.1) is 10.1 Å². The van der Waals surface area contributed by atoms with Gasteiger partial charge in [-0.05, 0) is 67.1 Å². The van der Waals surface area contributed by atoms with Crippen LogP contribution in [0.2, 0.25) is 0 Å². The molecule has 1 aliphatic rings. The lowest BCUT2D eigenvalue weighted by Gasteiger charge is -2.11. The molecular weight excluding hydrogens is 520 g/mol. The molecule has 0 atom stereocenters. The lowest BCUT2D eigenvalue weighted by molar-refractivity contribution is -0.384. The molecule has 0 aliphatic carbocycles. The number of halogens is 1. The standard InChI is InChI=1S/C25H17BrN2O7/c1-2-33-22-14-15(13-20-25(30)35-23(27-20)16-4-8-18(26)9-5-16)3-12-21(22)34-24(29)17-6-10-19(11-7-17)28(31)32/h3-14H,2H2,1H3/b20-13-. The summed E-state index contributed by atoms with van der Waals surface area (Å²) in [6.45, 7) is 2.08. The summed E-state index contributed by atoms with van der Waals surface area (Å²) in [5.41, 5.74) is 1.36. The van der Waals surface area contributed by atoms with Gasteiger partial charge in [0.05, 0.1) is 17.1 Å². The summed E-state index contributed by atoms with van der Waals surface area (Å²) in [6, 6.07) is 17.0. The number of esters is 2. The molecule has 0 unspecified atom stereocenters. The number of benzene rings is 3. The summed E-state index contributed by atoms with van der Waals surface area (Å²) >= 11 is 3.36. The summed E-state index contributed by atoms with van der Waals surface area (Å²) in [5.74, 6) is -0.650. The molecule has 0 spiro atoms. The van der Waals surface area contributed by atoms with Gasteiger partial charge < -0.3 is 14.2 Å². The first-order valence-corrected chi connectivity index (χ1v) is 11.2. The van der Waals surface area contributed by atoms with Crippen LogP contribution in [0.25, 0.3) is 6.08 Å². The van der Waals surface area contributed by atoms with Gasteiger partial charge in [-0.3, -0.25) is 10.1 Å². The van der Waals surface area contributed by atoms with Crippen molar-refractivity contribution >= 4 is 45.5 Å². The highest BCUT2D eigenvalue weighted by molar-refractivity contribution is 9.10. The van der Waals surface area contributed by atoms with E-state index in [1.165, 1.54) is 30.3 Å². The van der Waals surface area contributed by atoms with Crippen molar-refractivity contribution in [1.82, 2.24) is 0 Å². The number of cyclic esters (lactones) is 1. The summed E-state index contributed by atoms with van der Waals surface area (Å²) in [4.78, 5) is 39.4. The van der Waals surface area contributed by atoms with Crippen LogP contribution in [-0.2, 0) is 9.53 Å². The molecule has 0 N–H and O–H groups in total. The van der Waals surface area contributed by atoms with Crippen LogP contribution in [-0.4, -0.2) is 29.4 Å². The van der Waals surface area contributed by atoms with Crippen molar-refractivity contribution < 1.29 is 28.7 Å². The Morgan fingerprint density at radius 1 is 1.09 bits per heavy atom. The number of aliphatic imine (C=N–C) groups is 1. The number of hydrogen-bond acceptors (Lipinski definition) is 8. The molecule has 0 saturated carbocycles. The van der Waals surface area contributed by atoms with E-state index in [2.05, 4.69) is 20.9 Å². The zero-order valence-corrected chi connectivity index (χ0v) is 19.9. The lowest BCUT2D eigenvalue weighted by Crippen LogP contribution is -2.10. The van der Waals surface area contributed by atoms with Crippen molar-refractivity contribution in [3.63, 3.8) is 0 Å². The molecule has 176 valence electrons. The average Bonchev–Trinajstić information content (AvgIpc) is 3.21. The Morgan fingerprint density at radius 2 is 1.80 bits per heavy atom. The summed E-state index contributed by atoms with van der Waals surface area (Å²) in [7, 11) is 0. The maximum Gasteiger partial charge on any atom is 0.363 e. The molecule has 3 aromatic rings. The Kier molecular flexibility index (Phi) is 7.02. The van der Waals surface area contributed by atoms with Crippen molar-refractivity contribution in [1.29, 1.82) is 0 Å². The van der Waals surface area contributed by atoms with Gasteiger partial charge in [0.1, 0.15) is 0 Å². The van der Waals surface area contributed by atoms with E-state index in [4.69, 9.17) is 14.2 Å². The van der Waals surface area contributed by atoms with Crippen molar-refractivity contribution in [2.75, 3.05) is 6.61 Å². The molecule has 1 heterocycles. The van der Waals surface area contributed by atoms with E-state index in [-0.39, 0.29) is 34.3 Å². The first-order chi connectivity index (χ1) is 16.8. The first-order valence-electron chi connectivity index (χ1n) is 10.4. The molecule has 4 rings (SSSR count).